The van der Waals surface area contributed by atoms with E-state index in [0.717, 1.165) is 29.9 Å². The van der Waals surface area contributed by atoms with E-state index in [4.69, 9.17) is 0 Å². The maximum atomic E-state index is 13.0. The van der Waals surface area contributed by atoms with Gasteiger partial charge in [-0.3, -0.25) is 14.2 Å². The lowest BCUT2D eigenvalue weighted by Crippen LogP contribution is -2.50. The summed E-state index contributed by atoms with van der Waals surface area (Å²) in [5.41, 5.74) is 1.91. The molecule has 2 aromatic carbocycles. The molecule has 0 spiro atoms. The molecule has 1 atom stereocenters. The molecule has 2 heterocycles. The topological polar surface area (TPSA) is 80.1 Å². The van der Waals surface area contributed by atoms with E-state index in [9.17, 15) is 9.59 Å². The molecule has 172 valence electrons. The molecular weight excluding hydrogens is 434 g/mol. The molecule has 0 bridgehead atoms. The molecule has 1 aliphatic heterocycles. The Morgan fingerprint density at radius 1 is 1.06 bits per heavy atom. The van der Waals surface area contributed by atoms with Gasteiger partial charge in [-0.1, -0.05) is 74.1 Å². The van der Waals surface area contributed by atoms with Crippen molar-refractivity contribution in [1.29, 1.82) is 0 Å². The molecule has 1 N–H and O–H groups in total. The largest absolute Gasteiger partial charge is 0.351 e. The van der Waals surface area contributed by atoms with Gasteiger partial charge in [-0.05, 0) is 25.0 Å². The molecule has 1 aromatic heterocycles. The van der Waals surface area contributed by atoms with Gasteiger partial charge in [-0.15, -0.1) is 10.2 Å². The van der Waals surface area contributed by atoms with Crippen molar-refractivity contribution in [2.45, 2.75) is 37.9 Å². The highest BCUT2D eigenvalue weighted by Gasteiger charge is 2.26. The number of nitrogens with zero attached hydrogens (tertiary/aromatic N) is 4. The van der Waals surface area contributed by atoms with E-state index in [0.29, 0.717) is 18.2 Å². The average molecular weight is 464 g/mol. The predicted molar refractivity (Wildman–Crippen MR) is 130 cm³/mol. The number of aromatic nitrogens is 3. The number of nitrogens with one attached hydrogen (secondary N) is 1. The summed E-state index contributed by atoms with van der Waals surface area (Å²) in [5.74, 6) is 1.03. The number of para-hydroxylation sites is 1. The van der Waals surface area contributed by atoms with Crippen LogP contribution in [-0.2, 0) is 9.59 Å². The number of hydrogen-bond acceptors (Lipinski definition) is 5. The summed E-state index contributed by atoms with van der Waals surface area (Å²) >= 11 is 1.39. The Morgan fingerprint density at radius 3 is 2.45 bits per heavy atom. The molecule has 2 amide bonds. The van der Waals surface area contributed by atoms with Crippen LogP contribution in [0.15, 0.2) is 65.8 Å². The summed E-state index contributed by atoms with van der Waals surface area (Å²) < 4.78 is 2.00. The zero-order chi connectivity index (χ0) is 23.2. The lowest BCUT2D eigenvalue weighted by atomic mass is 10.0. The Bertz CT molecular complexity index is 1080. The number of likely N-dealkylation sites (tertiary alicyclic amines) is 1. The van der Waals surface area contributed by atoms with Crippen molar-refractivity contribution in [2.75, 3.05) is 18.8 Å². The van der Waals surface area contributed by atoms with Gasteiger partial charge in [0.15, 0.2) is 11.0 Å². The van der Waals surface area contributed by atoms with Crippen molar-refractivity contribution < 1.29 is 9.59 Å². The molecule has 4 rings (SSSR count). The predicted octanol–water partition coefficient (Wildman–Crippen LogP) is 3.79. The van der Waals surface area contributed by atoms with Gasteiger partial charge in [0, 0.05) is 36.3 Å². The van der Waals surface area contributed by atoms with E-state index in [1.807, 2.05) is 84.0 Å². The van der Waals surface area contributed by atoms with Gasteiger partial charge in [0.1, 0.15) is 0 Å². The second-order valence-electron chi connectivity index (χ2n) is 8.47. The van der Waals surface area contributed by atoms with E-state index in [-0.39, 0.29) is 29.5 Å². The lowest BCUT2D eigenvalue weighted by Gasteiger charge is -2.33. The number of rotatable bonds is 7. The minimum Gasteiger partial charge on any atom is -0.351 e. The number of thioether (sulfide) groups is 1. The van der Waals surface area contributed by atoms with E-state index < -0.39 is 0 Å². The van der Waals surface area contributed by atoms with Crippen LogP contribution in [0.25, 0.3) is 17.1 Å². The van der Waals surface area contributed by atoms with Crippen molar-refractivity contribution in [3.63, 3.8) is 0 Å². The van der Waals surface area contributed by atoms with E-state index in [1.54, 1.807) is 0 Å². The number of hydrogen-bond donors (Lipinski definition) is 1. The molecule has 1 aliphatic rings. The van der Waals surface area contributed by atoms with Gasteiger partial charge in [0.2, 0.25) is 11.8 Å². The van der Waals surface area contributed by atoms with Crippen LogP contribution in [0.1, 0.15) is 26.7 Å². The first-order valence-corrected chi connectivity index (χ1v) is 12.3. The van der Waals surface area contributed by atoms with Crippen LogP contribution < -0.4 is 5.32 Å². The first-order chi connectivity index (χ1) is 16.0. The van der Waals surface area contributed by atoms with Crippen LogP contribution in [0.2, 0.25) is 0 Å². The Labute approximate surface area is 198 Å². The number of amides is 2. The molecule has 8 heteroatoms. The smallest absolute Gasteiger partial charge is 0.233 e. The zero-order valence-electron chi connectivity index (χ0n) is 19.0. The van der Waals surface area contributed by atoms with Crippen molar-refractivity contribution in [3.8, 4) is 17.1 Å². The molecule has 1 unspecified atom stereocenters. The molecule has 7 nitrogen and oxygen atoms in total. The van der Waals surface area contributed by atoms with Crippen molar-refractivity contribution in [1.82, 2.24) is 25.0 Å². The highest BCUT2D eigenvalue weighted by Crippen LogP contribution is 2.28. The van der Waals surface area contributed by atoms with Crippen LogP contribution in [0.3, 0.4) is 0 Å². The van der Waals surface area contributed by atoms with Crippen LogP contribution >= 0.6 is 11.8 Å². The fourth-order valence-corrected chi connectivity index (χ4v) is 4.71. The standard InChI is InChI=1S/C25H29N5O2S/c1-18(2)24(32)26-20-12-9-15-29(16-20)22(31)17-33-25-28-27-23(19-10-5-3-6-11-19)30(25)21-13-7-4-8-14-21/h3-8,10-11,13-14,18,20H,9,12,15-17H2,1-2H3,(H,26,32). The van der Waals surface area contributed by atoms with Crippen molar-refractivity contribution >= 4 is 23.6 Å². The van der Waals surface area contributed by atoms with Gasteiger partial charge < -0.3 is 10.2 Å². The van der Waals surface area contributed by atoms with E-state index >= 15 is 0 Å². The molecule has 3 aromatic rings. The molecule has 1 fully saturated rings. The summed E-state index contributed by atoms with van der Waals surface area (Å²) in [6.45, 7) is 5.03. The third kappa shape index (κ3) is 5.63. The summed E-state index contributed by atoms with van der Waals surface area (Å²) in [6.07, 6.45) is 1.79. The fourth-order valence-electron chi connectivity index (χ4n) is 3.85. The molecule has 0 radical (unpaired) electrons. The SMILES string of the molecule is CC(C)C(=O)NC1CCCN(C(=O)CSc2nnc(-c3ccccc3)n2-c2ccccc2)C1. The maximum Gasteiger partial charge on any atom is 0.233 e. The van der Waals surface area contributed by atoms with Crippen LogP contribution in [0.5, 0.6) is 0 Å². The third-order valence-corrected chi connectivity index (χ3v) is 6.56. The average Bonchev–Trinajstić information content (AvgIpc) is 3.27. The van der Waals surface area contributed by atoms with Crippen LogP contribution in [0.4, 0.5) is 0 Å². The van der Waals surface area contributed by atoms with Crippen molar-refractivity contribution in [3.05, 3.63) is 60.7 Å². The third-order valence-electron chi connectivity index (χ3n) is 5.65. The quantitative estimate of drug-likeness (QED) is 0.539. The van der Waals surface area contributed by atoms with Gasteiger partial charge in [-0.2, -0.15) is 0 Å². The van der Waals surface area contributed by atoms with Crippen molar-refractivity contribution in [2.24, 2.45) is 5.92 Å². The van der Waals surface area contributed by atoms with Gasteiger partial charge >= 0.3 is 0 Å². The zero-order valence-corrected chi connectivity index (χ0v) is 19.8. The van der Waals surface area contributed by atoms with Gasteiger partial charge in [0.05, 0.1) is 5.75 Å². The summed E-state index contributed by atoms with van der Waals surface area (Å²) in [7, 11) is 0. The van der Waals surface area contributed by atoms with Crippen LogP contribution in [-0.4, -0.2) is 56.4 Å². The number of carbonyl (C=O) groups excluding carboxylic acids is 2. The number of benzene rings is 2. The molecule has 1 saturated heterocycles. The minimum atomic E-state index is -0.0604. The van der Waals surface area contributed by atoms with Gasteiger partial charge in [-0.25, -0.2) is 0 Å². The van der Waals surface area contributed by atoms with E-state index in [1.165, 1.54) is 11.8 Å². The highest BCUT2D eigenvalue weighted by molar-refractivity contribution is 7.99. The Kier molecular flexibility index (Phi) is 7.44. The minimum absolute atomic E-state index is 0.0141. The number of piperidine rings is 1. The summed E-state index contributed by atoms with van der Waals surface area (Å²) in [5, 5.41) is 12.6. The fraction of sp³-hybridized carbons (Fsp3) is 0.360. The van der Waals surface area contributed by atoms with Crippen LogP contribution in [0, 0.1) is 5.92 Å². The molecule has 33 heavy (non-hydrogen) atoms. The first-order valence-electron chi connectivity index (χ1n) is 11.3. The monoisotopic (exact) mass is 463 g/mol. The number of carbonyl (C=O) groups is 2. The second-order valence-corrected chi connectivity index (χ2v) is 9.42. The molecular formula is C25H29N5O2S. The second kappa shape index (κ2) is 10.7. The maximum absolute atomic E-state index is 13.0. The first kappa shape index (κ1) is 23.0. The highest BCUT2D eigenvalue weighted by atomic mass is 32.2. The van der Waals surface area contributed by atoms with E-state index in [2.05, 4.69) is 15.5 Å². The summed E-state index contributed by atoms with van der Waals surface area (Å²) in [6, 6.07) is 19.9. The Morgan fingerprint density at radius 2 is 1.76 bits per heavy atom. The Balaban J connectivity index is 1.48. The normalized spacial score (nSPS) is 16.1. The summed E-state index contributed by atoms with van der Waals surface area (Å²) in [4.78, 5) is 26.9. The lowest BCUT2D eigenvalue weighted by molar-refractivity contribution is -0.131. The van der Waals surface area contributed by atoms with Gasteiger partial charge in [0.25, 0.3) is 0 Å². The molecule has 0 saturated carbocycles. The Hall–Kier alpha value is -3.13. The molecule has 0 aliphatic carbocycles.